The van der Waals surface area contributed by atoms with E-state index < -0.39 is 6.03 Å². The van der Waals surface area contributed by atoms with E-state index in [-0.39, 0.29) is 0 Å². The molecule has 1 fully saturated rings. The monoisotopic (exact) mass is 383 g/mol. The van der Waals surface area contributed by atoms with Gasteiger partial charge < -0.3 is 19.9 Å². The summed E-state index contributed by atoms with van der Waals surface area (Å²) in [5.74, 6) is 0.897. The van der Waals surface area contributed by atoms with E-state index in [0.29, 0.717) is 18.7 Å². The van der Waals surface area contributed by atoms with Gasteiger partial charge in [-0.05, 0) is 55.5 Å². The van der Waals surface area contributed by atoms with E-state index in [2.05, 4.69) is 38.1 Å². The summed E-state index contributed by atoms with van der Waals surface area (Å²) in [5.41, 5.74) is 7.27. The zero-order valence-corrected chi connectivity index (χ0v) is 15.9. The van der Waals surface area contributed by atoms with Crippen LogP contribution in [0.5, 0.6) is 5.75 Å². The molecule has 0 spiro atoms. The number of urea groups is 1. The Kier molecular flexibility index (Phi) is 6.56. The molecule has 8 heteroatoms. The highest BCUT2D eigenvalue weighted by molar-refractivity contribution is 5.89. The van der Waals surface area contributed by atoms with Crippen molar-refractivity contribution in [2.45, 2.75) is 6.92 Å². The maximum Gasteiger partial charge on any atom is 0.337 e. The lowest BCUT2D eigenvalue weighted by Crippen LogP contribution is -2.46. The molecule has 8 nitrogen and oxygen atoms in total. The van der Waals surface area contributed by atoms with Crippen molar-refractivity contribution < 1.29 is 14.3 Å². The molecule has 28 heavy (non-hydrogen) atoms. The van der Waals surface area contributed by atoms with Crippen LogP contribution in [0.3, 0.4) is 0 Å². The SMILES string of the molecule is CCOc1ccc(N2CCN(c3ccc(NC(=O)NNC=O)cc3)CC2)cc1. The van der Waals surface area contributed by atoms with Crippen molar-refractivity contribution in [2.24, 2.45) is 0 Å². The van der Waals surface area contributed by atoms with Gasteiger partial charge in [0, 0.05) is 43.2 Å². The number of ether oxygens (including phenoxy) is 1. The van der Waals surface area contributed by atoms with Gasteiger partial charge in [-0.3, -0.25) is 10.2 Å². The molecule has 0 aromatic heterocycles. The fraction of sp³-hybridized carbons (Fsp3) is 0.300. The fourth-order valence-corrected chi connectivity index (χ4v) is 3.16. The minimum absolute atomic E-state index is 0.398. The first-order chi connectivity index (χ1) is 13.7. The van der Waals surface area contributed by atoms with Crippen LogP contribution >= 0.6 is 0 Å². The summed E-state index contributed by atoms with van der Waals surface area (Å²) >= 11 is 0. The third kappa shape index (κ3) is 5.06. The first kappa shape index (κ1) is 19.3. The van der Waals surface area contributed by atoms with Crippen molar-refractivity contribution >= 4 is 29.5 Å². The molecule has 2 aromatic carbocycles. The van der Waals surface area contributed by atoms with E-state index >= 15 is 0 Å². The predicted octanol–water partition coefficient (Wildman–Crippen LogP) is 2.19. The van der Waals surface area contributed by atoms with Crippen LogP contribution in [-0.2, 0) is 4.79 Å². The second-order valence-corrected chi connectivity index (χ2v) is 6.29. The summed E-state index contributed by atoms with van der Waals surface area (Å²) in [6.45, 7) is 6.37. The summed E-state index contributed by atoms with van der Waals surface area (Å²) in [6, 6.07) is 15.4. The molecule has 1 heterocycles. The standard InChI is InChI=1S/C20H25N5O3/c1-2-28-19-9-7-18(8-10-19)25-13-11-24(12-14-25)17-5-3-16(4-6-17)22-20(27)23-21-15-26/h3-10,15H,2,11-14H2,1H3,(H,21,26)(H2,22,23,27). The topological polar surface area (TPSA) is 85.9 Å². The van der Waals surface area contributed by atoms with Crippen LogP contribution in [0.1, 0.15) is 6.92 Å². The van der Waals surface area contributed by atoms with Crippen molar-refractivity contribution in [1.82, 2.24) is 10.9 Å². The van der Waals surface area contributed by atoms with Gasteiger partial charge in [0.1, 0.15) is 5.75 Å². The zero-order valence-electron chi connectivity index (χ0n) is 15.9. The lowest BCUT2D eigenvalue weighted by atomic mass is 10.2. The number of piperazine rings is 1. The van der Waals surface area contributed by atoms with Crippen molar-refractivity contribution in [1.29, 1.82) is 0 Å². The summed E-state index contributed by atoms with van der Waals surface area (Å²) in [6.07, 6.45) is 0.398. The van der Waals surface area contributed by atoms with Crippen LogP contribution in [0.2, 0.25) is 0 Å². The number of carbonyl (C=O) groups is 2. The van der Waals surface area contributed by atoms with Crippen LogP contribution in [0.4, 0.5) is 21.9 Å². The summed E-state index contributed by atoms with van der Waals surface area (Å²) in [5, 5.41) is 2.64. The first-order valence-corrected chi connectivity index (χ1v) is 9.28. The van der Waals surface area contributed by atoms with Gasteiger partial charge in [-0.2, -0.15) is 0 Å². The quantitative estimate of drug-likeness (QED) is 0.504. The van der Waals surface area contributed by atoms with Crippen LogP contribution in [0.25, 0.3) is 0 Å². The van der Waals surface area contributed by atoms with Gasteiger partial charge in [-0.15, -0.1) is 0 Å². The molecule has 0 bridgehead atoms. The van der Waals surface area contributed by atoms with Gasteiger partial charge in [0.25, 0.3) is 0 Å². The van der Waals surface area contributed by atoms with E-state index in [1.165, 1.54) is 5.69 Å². The number of hydrazine groups is 1. The maximum atomic E-state index is 11.5. The summed E-state index contributed by atoms with van der Waals surface area (Å²) in [4.78, 5) is 26.4. The van der Waals surface area contributed by atoms with Crippen LogP contribution in [-0.4, -0.2) is 45.2 Å². The Morgan fingerprint density at radius 1 is 0.964 bits per heavy atom. The predicted molar refractivity (Wildman–Crippen MR) is 110 cm³/mol. The molecular weight excluding hydrogens is 358 g/mol. The number of rotatable bonds is 7. The van der Waals surface area contributed by atoms with Crippen LogP contribution in [0, 0.1) is 0 Å². The van der Waals surface area contributed by atoms with Gasteiger partial charge in [0.2, 0.25) is 6.41 Å². The smallest absolute Gasteiger partial charge is 0.337 e. The minimum Gasteiger partial charge on any atom is -0.494 e. The molecule has 1 aliphatic heterocycles. The number of hydrogen-bond donors (Lipinski definition) is 3. The third-order valence-corrected chi connectivity index (χ3v) is 4.53. The zero-order chi connectivity index (χ0) is 19.8. The Balaban J connectivity index is 1.51. The highest BCUT2D eigenvalue weighted by Crippen LogP contribution is 2.24. The average molecular weight is 383 g/mol. The number of hydrogen-bond acceptors (Lipinski definition) is 5. The Morgan fingerprint density at radius 2 is 1.50 bits per heavy atom. The van der Waals surface area contributed by atoms with Crippen molar-refractivity contribution in [3.63, 3.8) is 0 Å². The molecule has 3 N–H and O–H groups in total. The fourth-order valence-electron chi connectivity index (χ4n) is 3.16. The highest BCUT2D eigenvalue weighted by Gasteiger charge is 2.17. The molecule has 0 aliphatic carbocycles. The third-order valence-electron chi connectivity index (χ3n) is 4.53. The molecule has 0 saturated carbocycles. The maximum absolute atomic E-state index is 11.5. The molecule has 1 aliphatic rings. The number of benzene rings is 2. The summed E-state index contributed by atoms with van der Waals surface area (Å²) < 4.78 is 5.50. The molecular formula is C20H25N5O3. The Hall–Kier alpha value is -3.42. The molecule has 3 rings (SSSR count). The van der Waals surface area contributed by atoms with Gasteiger partial charge in [-0.25, -0.2) is 10.2 Å². The number of nitrogens with zero attached hydrogens (tertiary/aromatic N) is 2. The van der Waals surface area contributed by atoms with Crippen molar-refractivity contribution in [3.8, 4) is 5.75 Å². The summed E-state index contributed by atoms with van der Waals surface area (Å²) in [7, 11) is 0. The lowest BCUT2D eigenvalue weighted by Gasteiger charge is -2.37. The number of anilines is 3. The van der Waals surface area contributed by atoms with Crippen LogP contribution < -0.4 is 30.7 Å². The normalized spacial score (nSPS) is 13.6. The molecule has 1 saturated heterocycles. The second-order valence-electron chi connectivity index (χ2n) is 6.29. The Morgan fingerprint density at radius 3 is 2.00 bits per heavy atom. The van der Waals surface area contributed by atoms with E-state index in [4.69, 9.17) is 4.74 Å². The number of nitrogens with one attached hydrogen (secondary N) is 3. The van der Waals surface area contributed by atoms with Gasteiger partial charge in [-0.1, -0.05) is 0 Å². The van der Waals surface area contributed by atoms with E-state index in [1.807, 2.05) is 43.3 Å². The van der Waals surface area contributed by atoms with Gasteiger partial charge in [0.05, 0.1) is 6.61 Å². The van der Waals surface area contributed by atoms with Gasteiger partial charge >= 0.3 is 6.03 Å². The minimum atomic E-state index is -0.496. The molecule has 148 valence electrons. The van der Waals surface area contributed by atoms with Gasteiger partial charge in [0.15, 0.2) is 0 Å². The molecule has 0 atom stereocenters. The van der Waals surface area contributed by atoms with Crippen LogP contribution in [0.15, 0.2) is 48.5 Å². The van der Waals surface area contributed by atoms with E-state index in [1.54, 1.807) is 0 Å². The van der Waals surface area contributed by atoms with Crippen molar-refractivity contribution in [3.05, 3.63) is 48.5 Å². The first-order valence-electron chi connectivity index (χ1n) is 9.28. The van der Waals surface area contributed by atoms with E-state index in [9.17, 15) is 9.59 Å². The molecule has 0 unspecified atom stereocenters. The molecule has 0 radical (unpaired) electrons. The Labute approximate surface area is 164 Å². The highest BCUT2D eigenvalue weighted by atomic mass is 16.5. The second kappa shape index (κ2) is 9.50. The lowest BCUT2D eigenvalue weighted by molar-refractivity contribution is -0.110. The van der Waals surface area contributed by atoms with E-state index in [0.717, 1.165) is 37.6 Å². The Bertz CT molecular complexity index is 771. The number of carbonyl (C=O) groups excluding carboxylic acids is 2. The molecule has 3 amide bonds. The number of amides is 3. The molecule has 2 aromatic rings. The largest absolute Gasteiger partial charge is 0.494 e. The van der Waals surface area contributed by atoms with Crippen molar-refractivity contribution in [2.75, 3.05) is 47.9 Å². The average Bonchev–Trinajstić information content (AvgIpc) is 2.74.